The van der Waals surface area contributed by atoms with Gasteiger partial charge in [-0.05, 0) is 63.4 Å². The third-order valence-corrected chi connectivity index (χ3v) is 3.91. The first-order chi connectivity index (χ1) is 13.2. The molecule has 2 nitrogen and oxygen atoms in total. The van der Waals surface area contributed by atoms with Gasteiger partial charge < -0.3 is 4.74 Å². The topological polar surface area (TPSA) is 26.3 Å². The van der Waals surface area contributed by atoms with Gasteiger partial charge in [0.2, 0.25) is 0 Å². The Kier molecular flexibility index (Phi) is 5.31. The van der Waals surface area contributed by atoms with Crippen LogP contribution in [-0.4, -0.2) is 12.6 Å². The zero-order valence-corrected chi connectivity index (χ0v) is 15.4. The molecule has 1 aliphatic carbocycles. The first-order valence-corrected chi connectivity index (χ1v) is 8.34. The number of hydrogen-bond donors (Lipinski definition) is 0. The Morgan fingerprint density at radius 1 is 1.33 bits per heavy atom. The van der Waals surface area contributed by atoms with Crippen LogP contribution >= 0.6 is 0 Å². The Balaban J connectivity index is 3.14. The van der Waals surface area contributed by atoms with Crippen LogP contribution in [0.2, 0.25) is 0 Å². The summed E-state index contributed by atoms with van der Waals surface area (Å²) in [5.41, 5.74) is 1.67. The van der Waals surface area contributed by atoms with E-state index in [0.717, 1.165) is 11.1 Å². The van der Waals surface area contributed by atoms with Crippen LogP contribution in [0.4, 0.5) is 0 Å². The van der Waals surface area contributed by atoms with Crippen molar-refractivity contribution in [3.05, 3.63) is 58.7 Å². The van der Waals surface area contributed by atoms with Crippen molar-refractivity contribution in [2.75, 3.05) is 6.61 Å². The molecule has 0 aromatic carbocycles. The summed E-state index contributed by atoms with van der Waals surface area (Å²) in [5.74, 6) is -0.381. The molecule has 0 saturated carbocycles. The Labute approximate surface area is 154 Å². The number of esters is 1. The molecule has 0 aromatic rings. The van der Waals surface area contributed by atoms with Gasteiger partial charge in [0, 0.05) is 12.9 Å². The van der Waals surface area contributed by atoms with E-state index in [-0.39, 0.29) is 18.0 Å². The molecule has 1 rings (SSSR count). The van der Waals surface area contributed by atoms with E-state index in [1.807, 2.05) is 26.8 Å². The van der Waals surface area contributed by atoms with E-state index >= 15 is 0 Å². The highest BCUT2D eigenvalue weighted by atomic mass is 16.5. The normalized spacial score (nSPS) is 25.1. The minimum Gasteiger partial charge on any atom is -0.463 e. The Hall–Kier alpha value is -1.83. The molecule has 132 valence electrons. The van der Waals surface area contributed by atoms with E-state index in [1.165, 1.54) is 6.08 Å². The van der Waals surface area contributed by atoms with E-state index < -0.39 is 18.6 Å². The molecule has 24 heavy (non-hydrogen) atoms. The van der Waals surface area contributed by atoms with Gasteiger partial charge in [0.15, 0.2) is 0 Å². The van der Waals surface area contributed by atoms with Crippen molar-refractivity contribution in [1.29, 1.82) is 0 Å². The van der Waals surface area contributed by atoms with Gasteiger partial charge >= 0.3 is 5.97 Å². The molecule has 0 N–H and O–H groups in total. The molecule has 0 spiro atoms. The highest BCUT2D eigenvalue weighted by molar-refractivity contribution is 5.83. The van der Waals surface area contributed by atoms with Crippen LogP contribution in [-0.2, 0) is 9.53 Å². The zero-order valence-electron chi connectivity index (χ0n) is 20.4. The summed E-state index contributed by atoms with van der Waals surface area (Å²) in [4.78, 5) is 11.4. The van der Waals surface area contributed by atoms with Gasteiger partial charge in [-0.1, -0.05) is 55.4 Å². The minimum absolute atomic E-state index is 0.0888. The molecule has 0 aromatic heterocycles. The monoisotopic (exact) mass is 333 g/mol. The van der Waals surface area contributed by atoms with Gasteiger partial charge in [-0.15, -0.1) is 0 Å². The smallest absolute Gasteiger partial charge is 0.330 e. The predicted molar refractivity (Wildman–Crippen MR) is 103 cm³/mol. The lowest BCUT2D eigenvalue weighted by molar-refractivity contribution is -0.137. The minimum atomic E-state index is -2.48. The molecule has 0 atom stereocenters. The maximum absolute atomic E-state index is 11.4. The lowest BCUT2D eigenvalue weighted by atomic mass is 9.72. The third-order valence-electron chi connectivity index (χ3n) is 3.91. The highest BCUT2D eigenvalue weighted by Gasteiger charge is 2.26. The summed E-state index contributed by atoms with van der Waals surface area (Å²) >= 11 is 0. The fraction of sp³-hybridized carbons (Fsp3) is 0.500. The lowest BCUT2D eigenvalue weighted by Crippen LogP contribution is -2.19. The number of allylic oxidation sites excluding steroid dienone is 9. The summed E-state index contributed by atoms with van der Waals surface area (Å²) in [7, 11) is 0. The van der Waals surface area contributed by atoms with Gasteiger partial charge in [0.25, 0.3) is 0 Å². The Bertz CT molecular complexity index is 763. The largest absolute Gasteiger partial charge is 0.463 e. The predicted octanol–water partition coefficient (Wildman–Crippen LogP) is 6.08. The van der Waals surface area contributed by atoms with Crippen LogP contribution in [0, 0.1) is 5.41 Å². The lowest BCUT2D eigenvalue weighted by Gasteiger charge is -2.32. The Morgan fingerprint density at radius 3 is 2.75 bits per heavy atom. The zero-order chi connectivity index (χ0) is 22.5. The average molecular weight is 334 g/mol. The van der Waals surface area contributed by atoms with E-state index in [1.54, 1.807) is 38.2 Å². The fourth-order valence-electron chi connectivity index (χ4n) is 2.42. The van der Waals surface area contributed by atoms with Crippen molar-refractivity contribution in [2.45, 2.75) is 60.7 Å². The molecular formula is C22H32O2. The first kappa shape index (κ1) is 13.5. The number of ether oxygens (including phenoxy) is 1. The molecule has 0 heterocycles. The molecule has 0 aliphatic heterocycles. The Morgan fingerprint density at radius 2 is 2.08 bits per heavy atom. The van der Waals surface area contributed by atoms with Gasteiger partial charge in [0.1, 0.15) is 0 Å². The maximum Gasteiger partial charge on any atom is 0.330 e. The summed E-state index contributed by atoms with van der Waals surface area (Å²) in [6.45, 7) is 7.19. The second-order valence-electron chi connectivity index (χ2n) is 6.59. The summed E-state index contributed by atoms with van der Waals surface area (Å²) in [6, 6.07) is 0. The average Bonchev–Trinajstić information content (AvgIpc) is 2.54. The van der Waals surface area contributed by atoms with Crippen molar-refractivity contribution in [3.8, 4) is 0 Å². The van der Waals surface area contributed by atoms with Crippen molar-refractivity contribution >= 4 is 5.97 Å². The number of carbonyl (C=O) groups is 1. The van der Waals surface area contributed by atoms with E-state index in [2.05, 4.69) is 0 Å². The number of carbonyl (C=O) groups excluding carboxylic acids is 1. The van der Waals surface area contributed by atoms with Crippen molar-refractivity contribution in [2.24, 2.45) is 5.41 Å². The van der Waals surface area contributed by atoms with Crippen molar-refractivity contribution < 1.29 is 16.4 Å². The maximum atomic E-state index is 11.4. The molecule has 0 unspecified atom stereocenters. The summed E-state index contributed by atoms with van der Waals surface area (Å²) in [5, 5.41) is 0. The molecule has 1 aliphatic rings. The van der Waals surface area contributed by atoms with Crippen LogP contribution in [0.1, 0.15) is 67.5 Å². The standard InChI is InChI=1S/C22H32O2/c1-7-24-21(23)16-18(3)11-8-10-17(2)13-14-20-19(4)12-9-15-22(20,5)6/h8,10-11,13-14,16H,7,9,12,15H2,1-6H3/b11-8+,14-13+,17-10+,18-16+/i4D3,12D2. The number of hydrogen-bond acceptors (Lipinski definition) is 2. The van der Waals surface area contributed by atoms with Crippen LogP contribution in [0.3, 0.4) is 0 Å². The first-order valence-electron chi connectivity index (χ1n) is 10.8. The van der Waals surface area contributed by atoms with Crippen LogP contribution in [0.5, 0.6) is 0 Å². The summed E-state index contributed by atoms with van der Waals surface area (Å²) in [6.07, 6.45) is 9.33. The number of rotatable bonds is 6. The molecule has 0 radical (unpaired) electrons. The van der Waals surface area contributed by atoms with Gasteiger partial charge in [-0.2, -0.15) is 0 Å². The fourth-order valence-corrected chi connectivity index (χ4v) is 2.42. The molecule has 2 heteroatoms. The van der Waals surface area contributed by atoms with Gasteiger partial charge in [-0.3, -0.25) is 0 Å². The molecular weight excluding hydrogens is 296 g/mol. The quantitative estimate of drug-likeness (QED) is 0.334. The van der Waals surface area contributed by atoms with Crippen molar-refractivity contribution in [1.82, 2.24) is 0 Å². The SMILES string of the molecule is [2H]C([2H])([2H])C1=C(/C=C/C(C)=C/C=C/C(C)=C/C(=O)OCC)C(C)(C)CCC1([2H])[2H]. The summed E-state index contributed by atoms with van der Waals surface area (Å²) < 4.78 is 44.9. The molecule has 0 amide bonds. The molecule has 0 saturated heterocycles. The molecule has 0 bridgehead atoms. The van der Waals surface area contributed by atoms with Crippen molar-refractivity contribution in [3.63, 3.8) is 0 Å². The second kappa shape index (κ2) is 9.46. The third kappa shape index (κ3) is 6.74. The highest BCUT2D eigenvalue weighted by Crippen LogP contribution is 2.40. The van der Waals surface area contributed by atoms with Crippen LogP contribution in [0.15, 0.2) is 58.7 Å². The van der Waals surface area contributed by atoms with E-state index in [0.29, 0.717) is 18.6 Å². The van der Waals surface area contributed by atoms with E-state index in [9.17, 15) is 4.79 Å². The van der Waals surface area contributed by atoms with Gasteiger partial charge in [-0.25, -0.2) is 4.79 Å². The molecule has 0 fully saturated rings. The van der Waals surface area contributed by atoms with Crippen LogP contribution in [0.25, 0.3) is 0 Å². The second-order valence-corrected chi connectivity index (χ2v) is 6.59. The van der Waals surface area contributed by atoms with E-state index in [4.69, 9.17) is 11.6 Å². The van der Waals surface area contributed by atoms with Gasteiger partial charge in [0.05, 0.1) is 6.61 Å². The van der Waals surface area contributed by atoms with Crippen LogP contribution < -0.4 is 0 Å².